The summed E-state index contributed by atoms with van der Waals surface area (Å²) in [5, 5.41) is 25.0. The summed E-state index contributed by atoms with van der Waals surface area (Å²) in [6.07, 6.45) is 0. The van der Waals surface area contributed by atoms with Gasteiger partial charge in [0.15, 0.2) is 0 Å². The third-order valence-electron chi connectivity index (χ3n) is 25.9. The maximum absolute atomic E-state index is 10.8. The molecular weight excluding hydrogens is 1420 g/mol. The van der Waals surface area contributed by atoms with Gasteiger partial charge >= 0.3 is 0 Å². The van der Waals surface area contributed by atoms with E-state index in [1.807, 2.05) is 115 Å². The highest BCUT2D eigenvalue weighted by Gasteiger charge is 2.38. The van der Waals surface area contributed by atoms with Crippen molar-refractivity contribution in [2.45, 2.75) is 38.4 Å². The minimum atomic E-state index is -3.67. The Morgan fingerprint density at radius 3 is 1.05 bits per heavy atom. The Hall–Kier alpha value is -14.6. The molecule has 118 heavy (non-hydrogen) atoms. The SMILES string of the molecule is [2H]c1c(-c2ccccc2)c(-c2ccc3ccc4cccc5ccc2c3c45)c([2H])c(-c2ccc3ccc4cccc5ccc2c3c45)c1-c1ccc2c(c1)C(C)(C)c1ccccc1-2.[2H]c1c([2H])c([2H])c(-c2cc(-c3c([2H])c([2H])c4c(c3[2H])C(C([2H])([2H])[2H])(C([2H])([2H])[2H])c3c([2H])c([2H])c([2H])c([2H])c3-4)c(-c3ccc4ccc5cccc6ccc3c4c56)cc2-c2ccc3ccc4cccc5ccc2c3c45)c([2H])c1[2H]. The lowest BCUT2D eigenvalue weighted by atomic mass is 9.79. The molecule has 0 amide bonds. The average Bonchev–Trinajstić information content (AvgIpc) is 1.48. The van der Waals surface area contributed by atoms with E-state index < -0.39 is 119 Å². The monoisotopic (exact) mass is 1510 g/mol. The first-order valence-corrected chi connectivity index (χ1v) is 40.0. The number of benzene rings is 24. The van der Waals surface area contributed by atoms with E-state index in [1.165, 1.54) is 82.2 Å². The molecule has 0 spiro atoms. The zero-order valence-electron chi connectivity index (χ0n) is 83.9. The highest BCUT2D eigenvalue weighted by atomic mass is 14.4. The third kappa shape index (κ3) is 9.66. The Morgan fingerprint density at radius 2 is 0.559 bits per heavy atom. The molecule has 0 bridgehead atoms. The molecule has 0 heteroatoms. The second-order valence-electron chi connectivity index (χ2n) is 32.4. The van der Waals surface area contributed by atoms with Crippen LogP contribution in [0.5, 0.6) is 0 Å². The second kappa shape index (κ2) is 25.0. The normalized spacial score (nSPS) is 16.0. The van der Waals surface area contributed by atoms with E-state index in [-0.39, 0.29) is 27.7 Å². The Bertz CT molecular complexity index is 9410. The molecule has 0 radical (unpaired) electrons. The van der Waals surface area contributed by atoms with Gasteiger partial charge < -0.3 is 0 Å². The molecule has 0 saturated heterocycles. The van der Waals surface area contributed by atoms with Gasteiger partial charge in [-0.15, -0.1) is 0 Å². The second-order valence-corrected chi connectivity index (χ2v) is 32.4. The lowest BCUT2D eigenvalue weighted by Crippen LogP contribution is -2.14. The predicted octanol–water partition coefficient (Wildman–Crippen LogP) is 32.9. The van der Waals surface area contributed by atoms with E-state index in [0.717, 1.165) is 115 Å². The number of fused-ring (bicyclic) bond motifs is 6. The maximum atomic E-state index is 10.8. The molecule has 24 aromatic rings. The molecule has 26 rings (SSSR count). The van der Waals surface area contributed by atoms with Crippen molar-refractivity contribution in [3.63, 3.8) is 0 Å². The van der Waals surface area contributed by atoms with Crippen LogP contribution in [0.15, 0.2) is 388 Å². The standard InChI is InChI=1S/2C59H38/c2*1-59(2)53-17-7-6-16-45(53)46-29-26-42(32-54(46)59)50-33-49(35-10-4-3-5-11-35)51(43-27-22-40-20-18-36-12-8-14-38-24-30-47(43)57(40)55(36)38)34-52(50)44-28-23-41-21-19-37-13-9-15-39-25-31-48(44)58(41)56(37)39/h2*3-34H,1-2H3/i1D3,2D3,3D,4D,5D,6D,7D,10D,11D,16D,17D,26D,29D,32D;33D,34D. The smallest absolute Gasteiger partial charge is 0.0622 e. The first-order valence-electron chi connectivity index (χ1n) is 50.0. The fraction of sp³-hybridized carbons (Fsp3) is 0.0508. The van der Waals surface area contributed by atoms with Crippen LogP contribution in [0.25, 0.3) is 241 Å². The minimum absolute atomic E-state index is 0.0418. The minimum Gasteiger partial charge on any atom is -0.0622 e. The molecule has 0 N–H and O–H groups in total. The van der Waals surface area contributed by atoms with E-state index in [2.05, 4.69) is 190 Å². The molecule has 0 saturated carbocycles. The van der Waals surface area contributed by atoms with Crippen molar-refractivity contribution in [3.05, 3.63) is 410 Å². The van der Waals surface area contributed by atoms with E-state index in [0.29, 0.717) is 34.2 Å². The number of rotatable bonds is 8. The quantitative estimate of drug-likeness (QED) is 0.133. The molecule has 24 aromatic carbocycles. The van der Waals surface area contributed by atoms with Crippen LogP contribution in [0.1, 0.15) is 77.2 Å². The van der Waals surface area contributed by atoms with Gasteiger partial charge in [-0.3, -0.25) is 0 Å². The molecule has 0 atom stereocenters. The van der Waals surface area contributed by atoms with Gasteiger partial charge in [-0.05, 0) is 299 Å². The summed E-state index contributed by atoms with van der Waals surface area (Å²) in [5.74, 6) is 0. The van der Waals surface area contributed by atoms with E-state index in [1.54, 1.807) is 6.07 Å². The van der Waals surface area contributed by atoms with Crippen LogP contribution in [0.3, 0.4) is 0 Å². The van der Waals surface area contributed by atoms with Gasteiger partial charge in [-0.1, -0.05) is 379 Å². The van der Waals surface area contributed by atoms with E-state index >= 15 is 0 Å². The van der Waals surface area contributed by atoms with Gasteiger partial charge in [-0.25, -0.2) is 0 Å². The summed E-state index contributed by atoms with van der Waals surface area (Å²) in [5.41, 5.74) is 6.64. The number of hydrogen-bond acceptors (Lipinski definition) is 0. The van der Waals surface area contributed by atoms with Crippen molar-refractivity contribution >= 4 is 129 Å². The topological polar surface area (TPSA) is 0 Å². The highest BCUT2D eigenvalue weighted by molar-refractivity contribution is 6.31. The lowest BCUT2D eigenvalue weighted by Gasteiger charge is -2.24. The first kappa shape index (κ1) is 49.9. The van der Waals surface area contributed by atoms with Crippen molar-refractivity contribution in [3.8, 4) is 111 Å². The van der Waals surface area contributed by atoms with Crippen molar-refractivity contribution in [2.24, 2.45) is 0 Å². The number of hydrogen-bond donors (Lipinski definition) is 0. The summed E-state index contributed by atoms with van der Waals surface area (Å²) in [7, 11) is 0. The fourth-order valence-electron chi connectivity index (χ4n) is 20.4. The largest absolute Gasteiger partial charge is 0.0636 e. The summed E-state index contributed by atoms with van der Waals surface area (Å²) in [4.78, 5) is 0. The van der Waals surface area contributed by atoms with Crippen LogP contribution in [0.4, 0.5) is 0 Å². The molecular formula is C118H76. The molecule has 2 aliphatic carbocycles. The maximum Gasteiger partial charge on any atom is 0.0636 e. The first-order chi connectivity index (χ1) is 66.4. The Morgan fingerprint density at radius 1 is 0.186 bits per heavy atom. The Labute approximate surface area is 712 Å². The third-order valence-corrected chi connectivity index (χ3v) is 25.9. The zero-order chi connectivity index (χ0) is 95.2. The van der Waals surface area contributed by atoms with Crippen LogP contribution in [0.2, 0.25) is 0 Å². The molecule has 0 aliphatic heterocycles. The Kier molecular flexibility index (Phi) is 10.6. The van der Waals surface area contributed by atoms with Gasteiger partial charge in [-0.2, -0.15) is 0 Å². The summed E-state index contributed by atoms with van der Waals surface area (Å²) in [6.45, 7) is -2.72. The lowest BCUT2D eigenvalue weighted by molar-refractivity contribution is 0.660. The van der Waals surface area contributed by atoms with Gasteiger partial charge in [0.1, 0.15) is 0 Å². The summed E-state index contributed by atoms with van der Waals surface area (Å²) < 4.78 is 187. The summed E-state index contributed by atoms with van der Waals surface area (Å²) in [6, 6.07) is 96.1. The fourth-order valence-corrected chi connectivity index (χ4v) is 20.4. The van der Waals surface area contributed by atoms with Gasteiger partial charge in [0, 0.05) is 19.1 Å². The molecule has 0 heterocycles. The molecule has 2 aliphatic rings. The zero-order valence-corrected chi connectivity index (χ0v) is 63.9. The van der Waals surface area contributed by atoms with Crippen LogP contribution in [-0.2, 0) is 10.8 Å². The summed E-state index contributed by atoms with van der Waals surface area (Å²) >= 11 is 0. The van der Waals surface area contributed by atoms with E-state index in [4.69, 9.17) is 17.8 Å². The molecule has 0 unspecified atom stereocenters. The van der Waals surface area contributed by atoms with Gasteiger partial charge in [0.05, 0.1) is 19.2 Å². The van der Waals surface area contributed by atoms with Crippen molar-refractivity contribution in [1.29, 1.82) is 0 Å². The predicted molar refractivity (Wildman–Crippen MR) is 506 cm³/mol. The molecule has 0 fully saturated rings. The van der Waals surface area contributed by atoms with Gasteiger partial charge in [0.25, 0.3) is 0 Å². The van der Waals surface area contributed by atoms with Gasteiger partial charge in [0.2, 0.25) is 0 Å². The molecule has 0 nitrogen and oxygen atoms in total. The Balaban J connectivity index is 0.000000150. The van der Waals surface area contributed by atoms with Crippen LogP contribution in [0, 0.1) is 0 Å². The highest BCUT2D eigenvalue weighted by Crippen LogP contribution is 2.57. The molecule has 0 aromatic heterocycles. The molecule has 548 valence electrons. The van der Waals surface area contributed by atoms with Crippen LogP contribution < -0.4 is 0 Å². The van der Waals surface area contributed by atoms with Crippen LogP contribution in [-0.4, -0.2) is 0 Å². The van der Waals surface area contributed by atoms with E-state index in [9.17, 15) is 9.60 Å². The van der Waals surface area contributed by atoms with Crippen molar-refractivity contribution < 1.29 is 27.4 Å². The van der Waals surface area contributed by atoms with Crippen molar-refractivity contribution in [1.82, 2.24) is 0 Å². The average molecular weight is 1510 g/mol. The van der Waals surface area contributed by atoms with Crippen molar-refractivity contribution in [2.75, 3.05) is 0 Å². The van der Waals surface area contributed by atoms with Crippen LogP contribution >= 0.6 is 0 Å².